The summed E-state index contributed by atoms with van der Waals surface area (Å²) in [7, 11) is 0. The van der Waals surface area contributed by atoms with E-state index in [0.29, 0.717) is 12.2 Å². The standard InChI is InChI=1S/C30H31N3O6/c1-19-26(16-33-18-31-24-4-2-3-5-25(24)33)38-30(39-29(19)21-8-6-20(17-34)7-9-21)22-10-12-23(13-11-22)32-27(35)14-15-28(36)37/h2-13,18-19,26,29-30,34H,14-17H2,1H3,(H,32,35)(H,36,37). The Morgan fingerprint density at radius 2 is 1.67 bits per heavy atom. The summed E-state index contributed by atoms with van der Waals surface area (Å²) in [6.07, 6.45) is 0.412. The van der Waals surface area contributed by atoms with Crippen molar-refractivity contribution in [3.8, 4) is 0 Å². The Kier molecular flexibility index (Phi) is 8.02. The number of fused-ring (bicyclic) bond motifs is 1. The fourth-order valence-electron chi connectivity index (χ4n) is 4.85. The minimum atomic E-state index is -1.01. The molecule has 5 rings (SSSR count). The van der Waals surface area contributed by atoms with Gasteiger partial charge < -0.3 is 29.6 Å². The highest BCUT2D eigenvalue weighted by Crippen LogP contribution is 2.42. The molecule has 202 valence electrons. The molecule has 39 heavy (non-hydrogen) atoms. The first-order chi connectivity index (χ1) is 18.9. The third-order valence-corrected chi connectivity index (χ3v) is 7.06. The SMILES string of the molecule is CC1C(Cn2cnc3ccccc32)OC(c2ccc(NC(=O)CCC(=O)O)cc2)OC1c1ccc(CO)cc1. The first-order valence-corrected chi connectivity index (χ1v) is 12.9. The molecule has 0 bridgehead atoms. The molecule has 3 aromatic carbocycles. The predicted octanol–water partition coefficient (Wildman–Crippen LogP) is 4.82. The Bertz CT molecular complexity index is 1430. The van der Waals surface area contributed by atoms with Crippen LogP contribution < -0.4 is 5.32 Å². The van der Waals surface area contributed by atoms with Crippen molar-refractivity contribution in [1.82, 2.24) is 9.55 Å². The highest BCUT2D eigenvalue weighted by molar-refractivity contribution is 5.92. The number of carboxylic acid groups (broad SMARTS) is 1. The number of aliphatic hydroxyl groups is 1. The lowest BCUT2D eigenvalue weighted by Crippen LogP contribution is -2.39. The number of nitrogens with zero attached hydrogens (tertiary/aromatic N) is 2. The van der Waals surface area contributed by atoms with Crippen LogP contribution in [0.15, 0.2) is 79.1 Å². The van der Waals surface area contributed by atoms with Gasteiger partial charge in [-0.2, -0.15) is 0 Å². The van der Waals surface area contributed by atoms with Crippen molar-refractivity contribution in [1.29, 1.82) is 0 Å². The Morgan fingerprint density at radius 1 is 0.949 bits per heavy atom. The van der Waals surface area contributed by atoms with Crippen LogP contribution in [0.25, 0.3) is 11.0 Å². The molecule has 0 radical (unpaired) electrons. The van der Waals surface area contributed by atoms with Crippen molar-refractivity contribution in [2.75, 3.05) is 5.32 Å². The second-order valence-corrected chi connectivity index (χ2v) is 9.77. The molecule has 1 aliphatic rings. The van der Waals surface area contributed by atoms with Crippen molar-refractivity contribution in [3.05, 3.63) is 95.8 Å². The topological polar surface area (TPSA) is 123 Å². The summed E-state index contributed by atoms with van der Waals surface area (Å²) in [5, 5.41) is 21.0. The summed E-state index contributed by atoms with van der Waals surface area (Å²) in [5.74, 6) is -1.36. The Balaban J connectivity index is 1.38. The van der Waals surface area contributed by atoms with Crippen LogP contribution in [0.1, 0.15) is 48.8 Å². The van der Waals surface area contributed by atoms with Crippen molar-refractivity contribution in [3.63, 3.8) is 0 Å². The molecule has 4 unspecified atom stereocenters. The number of imidazole rings is 1. The first-order valence-electron chi connectivity index (χ1n) is 12.9. The summed E-state index contributed by atoms with van der Waals surface area (Å²) in [6, 6.07) is 22.9. The van der Waals surface area contributed by atoms with E-state index >= 15 is 0 Å². The zero-order valence-corrected chi connectivity index (χ0v) is 21.6. The molecule has 4 atom stereocenters. The molecule has 1 fully saturated rings. The van der Waals surface area contributed by atoms with E-state index in [9.17, 15) is 14.7 Å². The maximum absolute atomic E-state index is 12.0. The number of hydrogen-bond acceptors (Lipinski definition) is 6. The molecule has 4 aromatic rings. The van der Waals surface area contributed by atoms with E-state index in [1.807, 2.05) is 67.0 Å². The second kappa shape index (κ2) is 11.8. The quantitative estimate of drug-likeness (QED) is 0.284. The largest absolute Gasteiger partial charge is 0.481 e. The number of aliphatic carboxylic acids is 1. The maximum Gasteiger partial charge on any atom is 0.303 e. The average molecular weight is 530 g/mol. The first kappa shape index (κ1) is 26.6. The number of para-hydroxylation sites is 2. The van der Waals surface area contributed by atoms with Crippen molar-refractivity contribution >= 4 is 28.6 Å². The van der Waals surface area contributed by atoms with Gasteiger partial charge in [-0.1, -0.05) is 55.5 Å². The van der Waals surface area contributed by atoms with E-state index in [2.05, 4.69) is 21.8 Å². The molecule has 9 nitrogen and oxygen atoms in total. The third-order valence-electron chi connectivity index (χ3n) is 7.06. The molecule has 0 saturated carbocycles. The number of hydrogen-bond donors (Lipinski definition) is 3. The van der Waals surface area contributed by atoms with Crippen molar-refractivity contribution < 1.29 is 29.3 Å². The van der Waals surface area contributed by atoms with Gasteiger partial charge in [0.05, 0.1) is 49.1 Å². The van der Waals surface area contributed by atoms with E-state index in [1.54, 1.807) is 12.1 Å². The Morgan fingerprint density at radius 3 is 2.38 bits per heavy atom. The summed E-state index contributed by atoms with van der Waals surface area (Å²) < 4.78 is 15.1. The van der Waals surface area contributed by atoms with Crippen LogP contribution in [-0.2, 0) is 32.2 Å². The predicted molar refractivity (Wildman–Crippen MR) is 145 cm³/mol. The number of aliphatic hydroxyl groups excluding tert-OH is 1. The van der Waals surface area contributed by atoms with E-state index in [-0.39, 0.29) is 43.5 Å². The fraction of sp³-hybridized carbons (Fsp3) is 0.300. The number of nitrogens with one attached hydrogen (secondary N) is 1. The van der Waals surface area contributed by atoms with Gasteiger partial charge in [-0.3, -0.25) is 9.59 Å². The number of aromatic nitrogens is 2. The van der Waals surface area contributed by atoms with Gasteiger partial charge in [0, 0.05) is 23.6 Å². The van der Waals surface area contributed by atoms with Crippen LogP contribution in [0.5, 0.6) is 0 Å². The lowest BCUT2D eigenvalue weighted by Gasteiger charge is -2.41. The van der Waals surface area contributed by atoms with Gasteiger partial charge in [0.1, 0.15) is 0 Å². The van der Waals surface area contributed by atoms with Gasteiger partial charge in [0.2, 0.25) is 5.91 Å². The maximum atomic E-state index is 12.0. The number of anilines is 1. The van der Waals surface area contributed by atoms with Gasteiger partial charge >= 0.3 is 5.97 Å². The Hall–Kier alpha value is -4.05. The van der Waals surface area contributed by atoms with Crippen LogP contribution in [-0.4, -0.2) is 37.7 Å². The lowest BCUT2D eigenvalue weighted by molar-refractivity contribution is -0.276. The molecule has 1 amide bonds. The van der Waals surface area contributed by atoms with Gasteiger partial charge in [0.15, 0.2) is 6.29 Å². The van der Waals surface area contributed by atoms with E-state index in [1.165, 1.54) is 0 Å². The Labute approximate surface area is 226 Å². The minimum Gasteiger partial charge on any atom is -0.481 e. The molecule has 9 heteroatoms. The zero-order chi connectivity index (χ0) is 27.4. The number of rotatable bonds is 9. The molecule has 1 aliphatic heterocycles. The second-order valence-electron chi connectivity index (χ2n) is 9.77. The number of carboxylic acids is 1. The fourth-order valence-corrected chi connectivity index (χ4v) is 4.85. The number of carbonyl (C=O) groups excluding carboxylic acids is 1. The molecule has 3 N–H and O–H groups in total. The van der Waals surface area contributed by atoms with E-state index in [4.69, 9.17) is 14.6 Å². The normalized spacial score (nSPS) is 21.1. The van der Waals surface area contributed by atoms with Crippen molar-refractivity contribution in [2.45, 2.75) is 51.4 Å². The lowest BCUT2D eigenvalue weighted by atomic mass is 9.90. The van der Waals surface area contributed by atoms with Crippen molar-refractivity contribution in [2.24, 2.45) is 5.92 Å². The summed E-state index contributed by atoms with van der Waals surface area (Å²) in [6.45, 7) is 2.67. The number of amides is 1. The zero-order valence-electron chi connectivity index (χ0n) is 21.6. The molecular weight excluding hydrogens is 498 g/mol. The van der Waals surface area contributed by atoms with E-state index < -0.39 is 12.3 Å². The van der Waals surface area contributed by atoms with Crippen LogP contribution in [0, 0.1) is 5.92 Å². The molecule has 1 aromatic heterocycles. The molecule has 0 aliphatic carbocycles. The minimum absolute atomic E-state index is 0.00943. The van der Waals surface area contributed by atoms with E-state index in [0.717, 1.165) is 27.7 Å². The third kappa shape index (κ3) is 6.17. The number of ether oxygens (including phenoxy) is 2. The molecule has 1 saturated heterocycles. The molecule has 2 heterocycles. The van der Waals surface area contributed by atoms with Crippen LogP contribution in [0.4, 0.5) is 5.69 Å². The van der Waals surface area contributed by atoms with Gasteiger partial charge in [-0.05, 0) is 35.4 Å². The molecular formula is C30H31N3O6. The molecule has 0 spiro atoms. The van der Waals surface area contributed by atoms with Crippen LogP contribution in [0.3, 0.4) is 0 Å². The summed E-state index contributed by atoms with van der Waals surface area (Å²) in [5.41, 5.74) is 5.14. The average Bonchev–Trinajstić information content (AvgIpc) is 3.36. The van der Waals surface area contributed by atoms with Crippen LogP contribution >= 0.6 is 0 Å². The van der Waals surface area contributed by atoms with Gasteiger partial charge in [0.25, 0.3) is 0 Å². The summed E-state index contributed by atoms with van der Waals surface area (Å²) in [4.78, 5) is 27.3. The van der Waals surface area contributed by atoms with Crippen LogP contribution in [0.2, 0.25) is 0 Å². The number of carbonyl (C=O) groups is 2. The summed E-state index contributed by atoms with van der Waals surface area (Å²) >= 11 is 0. The highest BCUT2D eigenvalue weighted by atomic mass is 16.7. The highest BCUT2D eigenvalue weighted by Gasteiger charge is 2.38. The van der Waals surface area contributed by atoms with Gasteiger partial charge in [-0.15, -0.1) is 0 Å². The van der Waals surface area contributed by atoms with Gasteiger partial charge in [-0.25, -0.2) is 4.98 Å². The monoisotopic (exact) mass is 529 g/mol. The smallest absolute Gasteiger partial charge is 0.303 e. The number of benzene rings is 3.